The number of hydrogen-bond acceptors (Lipinski definition) is 2. The normalized spacial score (nSPS) is 10.5. The Labute approximate surface area is 80.0 Å². The second kappa shape index (κ2) is 4.85. The Balaban J connectivity index is 2.67. The van der Waals surface area contributed by atoms with E-state index in [1.54, 1.807) is 0 Å². The van der Waals surface area contributed by atoms with Crippen LogP contribution in [0.3, 0.4) is 0 Å². The third-order valence-electron chi connectivity index (χ3n) is 1.74. The minimum atomic E-state index is 0.678. The maximum atomic E-state index is 5.32. The first-order chi connectivity index (χ1) is 6.22. The lowest BCUT2D eigenvalue weighted by molar-refractivity contribution is 0.326. The molecule has 0 atom stereocenters. The summed E-state index contributed by atoms with van der Waals surface area (Å²) in [6.07, 6.45) is 2.89. The van der Waals surface area contributed by atoms with Crippen molar-refractivity contribution in [1.82, 2.24) is 4.98 Å². The molecule has 0 saturated heterocycles. The first-order valence-electron chi connectivity index (χ1n) is 4.80. The second-order valence-corrected chi connectivity index (χ2v) is 3.53. The summed E-state index contributed by atoms with van der Waals surface area (Å²) in [7, 11) is 0. The van der Waals surface area contributed by atoms with Gasteiger partial charge in [0.2, 0.25) is 5.88 Å². The maximum Gasteiger partial charge on any atom is 0.213 e. The lowest BCUT2D eigenvalue weighted by Crippen LogP contribution is -1.98. The summed E-state index contributed by atoms with van der Waals surface area (Å²) in [5.41, 5.74) is 1.30. The van der Waals surface area contributed by atoms with Crippen LogP contribution in [0.15, 0.2) is 18.3 Å². The summed E-state index contributed by atoms with van der Waals surface area (Å²) in [6.45, 7) is 7.07. The summed E-state index contributed by atoms with van der Waals surface area (Å²) in [4.78, 5) is 4.11. The van der Waals surface area contributed by atoms with Gasteiger partial charge in [0, 0.05) is 12.3 Å². The van der Waals surface area contributed by atoms with Crippen molar-refractivity contribution in [3.8, 4) is 5.88 Å². The van der Waals surface area contributed by atoms with Crippen LogP contribution < -0.4 is 4.74 Å². The number of pyridine rings is 1. The molecule has 1 rings (SSSR count). The average molecular weight is 179 g/mol. The van der Waals surface area contributed by atoms with Crippen LogP contribution in [0.1, 0.15) is 26.3 Å². The van der Waals surface area contributed by atoms with Gasteiger partial charge in [-0.25, -0.2) is 4.98 Å². The molecule has 0 bridgehead atoms. The Morgan fingerprint density at radius 3 is 2.85 bits per heavy atom. The molecule has 0 amide bonds. The van der Waals surface area contributed by atoms with Gasteiger partial charge in [-0.3, -0.25) is 0 Å². The van der Waals surface area contributed by atoms with Crippen LogP contribution in [-0.2, 0) is 6.42 Å². The Bertz CT molecular complexity index is 258. The molecular formula is C11H17NO. The molecule has 1 heterocycles. The number of ether oxygens (including phenoxy) is 1. The number of rotatable bonds is 4. The van der Waals surface area contributed by atoms with Crippen molar-refractivity contribution in [3.05, 3.63) is 23.9 Å². The molecule has 0 aliphatic heterocycles. The SMILES string of the molecule is CCOc1cc(CC(C)C)ccn1. The molecule has 2 nitrogen and oxygen atoms in total. The third-order valence-corrected chi connectivity index (χ3v) is 1.74. The predicted molar refractivity (Wildman–Crippen MR) is 53.9 cm³/mol. The quantitative estimate of drug-likeness (QED) is 0.709. The van der Waals surface area contributed by atoms with E-state index in [0.29, 0.717) is 12.5 Å². The molecule has 1 aromatic heterocycles. The van der Waals surface area contributed by atoms with E-state index in [9.17, 15) is 0 Å². The van der Waals surface area contributed by atoms with E-state index in [4.69, 9.17) is 4.74 Å². The van der Waals surface area contributed by atoms with Gasteiger partial charge in [0.1, 0.15) is 0 Å². The van der Waals surface area contributed by atoms with Crippen LogP contribution in [0.2, 0.25) is 0 Å². The van der Waals surface area contributed by atoms with E-state index in [0.717, 1.165) is 12.3 Å². The van der Waals surface area contributed by atoms with Crippen LogP contribution >= 0.6 is 0 Å². The number of aromatic nitrogens is 1. The predicted octanol–water partition coefficient (Wildman–Crippen LogP) is 2.68. The van der Waals surface area contributed by atoms with Gasteiger partial charge in [0.05, 0.1) is 6.61 Å². The molecular weight excluding hydrogens is 162 g/mol. The second-order valence-electron chi connectivity index (χ2n) is 3.53. The van der Waals surface area contributed by atoms with Gasteiger partial charge >= 0.3 is 0 Å². The molecule has 1 aromatic rings. The largest absolute Gasteiger partial charge is 0.478 e. The fourth-order valence-corrected chi connectivity index (χ4v) is 1.28. The van der Waals surface area contributed by atoms with Crippen molar-refractivity contribution in [3.63, 3.8) is 0 Å². The number of hydrogen-bond donors (Lipinski definition) is 0. The first kappa shape index (κ1) is 10.0. The Morgan fingerprint density at radius 1 is 1.46 bits per heavy atom. The van der Waals surface area contributed by atoms with Gasteiger partial charge in [-0.2, -0.15) is 0 Å². The van der Waals surface area contributed by atoms with Gasteiger partial charge in [-0.15, -0.1) is 0 Å². The Morgan fingerprint density at radius 2 is 2.23 bits per heavy atom. The van der Waals surface area contributed by atoms with Gasteiger partial charge in [-0.1, -0.05) is 13.8 Å². The molecule has 13 heavy (non-hydrogen) atoms. The topological polar surface area (TPSA) is 22.1 Å². The van der Waals surface area contributed by atoms with Crippen molar-refractivity contribution < 1.29 is 4.74 Å². The van der Waals surface area contributed by atoms with Gasteiger partial charge < -0.3 is 4.74 Å². The van der Waals surface area contributed by atoms with Crippen molar-refractivity contribution in [2.75, 3.05) is 6.61 Å². The maximum absolute atomic E-state index is 5.32. The summed E-state index contributed by atoms with van der Waals surface area (Å²) < 4.78 is 5.32. The monoisotopic (exact) mass is 179 g/mol. The summed E-state index contributed by atoms with van der Waals surface area (Å²) >= 11 is 0. The van der Waals surface area contributed by atoms with Gasteiger partial charge in [-0.05, 0) is 30.9 Å². The van der Waals surface area contributed by atoms with Crippen LogP contribution in [0, 0.1) is 5.92 Å². The van der Waals surface area contributed by atoms with Crippen LogP contribution in [0.4, 0.5) is 0 Å². The van der Waals surface area contributed by atoms with Crippen molar-refractivity contribution in [1.29, 1.82) is 0 Å². The molecule has 72 valence electrons. The van der Waals surface area contributed by atoms with Gasteiger partial charge in [0.15, 0.2) is 0 Å². The lowest BCUT2D eigenvalue weighted by Gasteiger charge is -2.06. The number of nitrogens with zero attached hydrogens (tertiary/aromatic N) is 1. The molecule has 0 aromatic carbocycles. The van der Waals surface area contributed by atoms with E-state index >= 15 is 0 Å². The first-order valence-corrected chi connectivity index (χ1v) is 4.80. The van der Waals surface area contributed by atoms with Crippen molar-refractivity contribution in [2.45, 2.75) is 27.2 Å². The van der Waals surface area contributed by atoms with Crippen LogP contribution in [0.5, 0.6) is 5.88 Å². The van der Waals surface area contributed by atoms with Gasteiger partial charge in [0.25, 0.3) is 0 Å². The van der Waals surface area contributed by atoms with E-state index in [1.165, 1.54) is 5.56 Å². The van der Waals surface area contributed by atoms with Crippen molar-refractivity contribution in [2.24, 2.45) is 5.92 Å². The minimum Gasteiger partial charge on any atom is -0.478 e. The van der Waals surface area contributed by atoms with Crippen molar-refractivity contribution >= 4 is 0 Å². The minimum absolute atomic E-state index is 0.678. The highest BCUT2D eigenvalue weighted by atomic mass is 16.5. The molecule has 0 aliphatic carbocycles. The highest BCUT2D eigenvalue weighted by Gasteiger charge is 1.99. The zero-order valence-electron chi connectivity index (χ0n) is 8.58. The highest BCUT2D eigenvalue weighted by molar-refractivity contribution is 5.20. The van der Waals surface area contributed by atoms with E-state index in [1.807, 2.05) is 25.3 Å². The molecule has 0 unspecified atom stereocenters. The van der Waals surface area contributed by atoms with Crippen LogP contribution in [-0.4, -0.2) is 11.6 Å². The smallest absolute Gasteiger partial charge is 0.213 e. The fraction of sp³-hybridized carbons (Fsp3) is 0.545. The molecule has 0 N–H and O–H groups in total. The van der Waals surface area contributed by atoms with Crippen LogP contribution in [0.25, 0.3) is 0 Å². The molecule has 2 heteroatoms. The third kappa shape index (κ3) is 3.45. The average Bonchev–Trinajstić information content (AvgIpc) is 2.04. The molecule has 0 saturated carbocycles. The molecule has 0 radical (unpaired) electrons. The zero-order valence-corrected chi connectivity index (χ0v) is 8.58. The Hall–Kier alpha value is -1.05. The molecule has 0 spiro atoms. The van der Waals surface area contributed by atoms with E-state index in [2.05, 4.69) is 18.8 Å². The summed E-state index contributed by atoms with van der Waals surface area (Å²) in [6, 6.07) is 4.06. The fourth-order valence-electron chi connectivity index (χ4n) is 1.28. The van der Waals surface area contributed by atoms with E-state index < -0.39 is 0 Å². The molecule has 0 aliphatic rings. The summed E-state index contributed by atoms with van der Waals surface area (Å²) in [5, 5.41) is 0. The standard InChI is InChI=1S/C11H17NO/c1-4-13-11-8-10(5-6-12-11)7-9(2)3/h5-6,8-9H,4,7H2,1-3H3. The Kier molecular flexibility index (Phi) is 3.74. The zero-order chi connectivity index (χ0) is 9.68. The van der Waals surface area contributed by atoms with E-state index in [-0.39, 0.29) is 0 Å². The molecule has 0 fully saturated rings. The highest BCUT2D eigenvalue weighted by Crippen LogP contribution is 2.12. The lowest BCUT2D eigenvalue weighted by atomic mass is 10.0. The summed E-state index contributed by atoms with van der Waals surface area (Å²) in [5.74, 6) is 1.41.